The number of rotatable bonds is 5. The Bertz CT molecular complexity index is 340. The van der Waals surface area contributed by atoms with Gasteiger partial charge in [-0.2, -0.15) is 0 Å². The summed E-state index contributed by atoms with van der Waals surface area (Å²) in [6.07, 6.45) is 0.408. The first-order valence-electron chi connectivity index (χ1n) is 5.50. The summed E-state index contributed by atoms with van der Waals surface area (Å²) in [6.45, 7) is 4.46. The second kappa shape index (κ2) is 5.82. The second-order valence-corrected chi connectivity index (χ2v) is 4.19. The molecule has 0 aliphatic heterocycles. The fourth-order valence-electron chi connectivity index (χ4n) is 1.50. The van der Waals surface area contributed by atoms with Crippen LogP contribution in [0.25, 0.3) is 0 Å². The van der Waals surface area contributed by atoms with Crippen LogP contribution < -0.4 is 4.90 Å². The van der Waals surface area contributed by atoms with Crippen LogP contribution >= 0.6 is 0 Å². The number of pyridine rings is 1. The number of anilines is 1. The monoisotopic (exact) mass is 224 g/mol. The van der Waals surface area contributed by atoms with Crippen LogP contribution in [-0.4, -0.2) is 34.9 Å². The lowest BCUT2D eigenvalue weighted by Crippen LogP contribution is -2.23. The van der Waals surface area contributed by atoms with Gasteiger partial charge in [-0.25, -0.2) is 4.98 Å². The van der Waals surface area contributed by atoms with Gasteiger partial charge >= 0.3 is 0 Å². The minimum atomic E-state index is -0.301. The highest BCUT2D eigenvalue weighted by Crippen LogP contribution is 2.14. The average molecular weight is 224 g/mol. The molecule has 0 aromatic carbocycles. The van der Waals surface area contributed by atoms with Gasteiger partial charge in [0.1, 0.15) is 5.82 Å². The van der Waals surface area contributed by atoms with Crippen molar-refractivity contribution in [3.8, 4) is 0 Å². The molecule has 0 bridgehead atoms. The van der Waals surface area contributed by atoms with Crippen molar-refractivity contribution >= 4 is 5.82 Å². The summed E-state index contributed by atoms with van der Waals surface area (Å²) in [6, 6.07) is 3.74. The van der Waals surface area contributed by atoms with E-state index >= 15 is 0 Å². The van der Waals surface area contributed by atoms with Gasteiger partial charge in [-0.1, -0.05) is 0 Å². The molecule has 4 nitrogen and oxygen atoms in total. The van der Waals surface area contributed by atoms with E-state index in [1.54, 1.807) is 6.92 Å². The van der Waals surface area contributed by atoms with E-state index in [9.17, 15) is 5.11 Å². The molecule has 0 spiro atoms. The third-order valence-corrected chi connectivity index (χ3v) is 2.46. The molecule has 0 saturated heterocycles. The molecule has 0 amide bonds. The first-order valence-corrected chi connectivity index (χ1v) is 5.50. The molecule has 0 radical (unpaired) electrons. The number of aromatic nitrogens is 1. The Morgan fingerprint density at radius 1 is 1.44 bits per heavy atom. The van der Waals surface area contributed by atoms with Gasteiger partial charge in [-0.3, -0.25) is 0 Å². The first kappa shape index (κ1) is 12.9. The summed E-state index contributed by atoms with van der Waals surface area (Å²) in [5.41, 5.74) is 1.76. The number of aryl methyl sites for hydroxylation is 1. The van der Waals surface area contributed by atoms with Crippen LogP contribution in [0, 0.1) is 6.92 Å². The normalized spacial score (nSPS) is 12.6. The predicted octanol–water partition coefficient (Wildman–Crippen LogP) is 1.09. The van der Waals surface area contributed by atoms with Crippen LogP contribution in [-0.2, 0) is 6.61 Å². The molecule has 1 heterocycles. The van der Waals surface area contributed by atoms with Crippen LogP contribution in [0.4, 0.5) is 5.82 Å². The Morgan fingerprint density at radius 2 is 2.12 bits per heavy atom. The molecular formula is C12H20N2O2. The average Bonchev–Trinajstić information content (AvgIpc) is 2.24. The maximum Gasteiger partial charge on any atom is 0.128 e. The van der Waals surface area contributed by atoms with Crippen molar-refractivity contribution in [2.24, 2.45) is 0 Å². The maximum atomic E-state index is 9.22. The molecule has 4 heteroatoms. The molecule has 0 saturated carbocycles. The van der Waals surface area contributed by atoms with Crippen molar-refractivity contribution in [2.75, 3.05) is 18.5 Å². The zero-order valence-electron chi connectivity index (χ0n) is 10.1. The number of hydrogen-bond donors (Lipinski definition) is 2. The zero-order chi connectivity index (χ0) is 12.1. The lowest BCUT2D eigenvalue weighted by atomic mass is 10.2. The van der Waals surface area contributed by atoms with Gasteiger partial charge in [0.05, 0.1) is 12.7 Å². The van der Waals surface area contributed by atoms with Gasteiger partial charge in [0, 0.05) is 19.3 Å². The number of aliphatic hydroxyl groups excluding tert-OH is 2. The molecule has 1 rings (SSSR count). The summed E-state index contributed by atoms with van der Waals surface area (Å²) in [4.78, 5) is 6.38. The zero-order valence-corrected chi connectivity index (χ0v) is 10.1. The van der Waals surface area contributed by atoms with Gasteiger partial charge in [0.2, 0.25) is 0 Å². The molecule has 2 N–H and O–H groups in total. The summed E-state index contributed by atoms with van der Waals surface area (Å²) in [7, 11) is 1.94. The smallest absolute Gasteiger partial charge is 0.128 e. The van der Waals surface area contributed by atoms with Crippen molar-refractivity contribution in [1.82, 2.24) is 4.98 Å². The van der Waals surface area contributed by atoms with Crippen LogP contribution in [0.5, 0.6) is 0 Å². The van der Waals surface area contributed by atoms with Gasteiger partial charge in [-0.15, -0.1) is 0 Å². The second-order valence-electron chi connectivity index (χ2n) is 4.19. The Labute approximate surface area is 96.6 Å². The largest absolute Gasteiger partial charge is 0.393 e. The SMILES string of the molecule is Cc1cc(CO)cc(N(C)CCC(C)O)n1. The summed E-state index contributed by atoms with van der Waals surface area (Å²) in [5, 5.41) is 18.3. The molecule has 0 aliphatic rings. The highest BCUT2D eigenvalue weighted by Gasteiger charge is 2.06. The molecule has 0 fully saturated rings. The molecule has 1 aromatic heterocycles. The van der Waals surface area contributed by atoms with Crippen LogP contribution in [0.15, 0.2) is 12.1 Å². The third kappa shape index (κ3) is 3.79. The summed E-state index contributed by atoms with van der Waals surface area (Å²) < 4.78 is 0. The van der Waals surface area contributed by atoms with Crippen molar-refractivity contribution in [1.29, 1.82) is 0 Å². The Morgan fingerprint density at radius 3 is 2.69 bits per heavy atom. The van der Waals surface area contributed by atoms with E-state index in [0.29, 0.717) is 6.42 Å². The molecular weight excluding hydrogens is 204 g/mol. The molecule has 1 unspecified atom stereocenters. The van der Waals surface area contributed by atoms with Crippen molar-refractivity contribution in [3.63, 3.8) is 0 Å². The van der Waals surface area contributed by atoms with Crippen molar-refractivity contribution in [3.05, 3.63) is 23.4 Å². The number of aliphatic hydroxyl groups is 2. The molecule has 0 aliphatic carbocycles. The summed E-state index contributed by atoms with van der Waals surface area (Å²) >= 11 is 0. The molecule has 1 atom stereocenters. The molecule has 1 aromatic rings. The van der Waals surface area contributed by atoms with E-state index in [2.05, 4.69) is 4.98 Å². The fourth-order valence-corrected chi connectivity index (χ4v) is 1.50. The predicted molar refractivity (Wildman–Crippen MR) is 64.5 cm³/mol. The Balaban J connectivity index is 2.74. The number of nitrogens with zero attached hydrogens (tertiary/aromatic N) is 2. The minimum Gasteiger partial charge on any atom is -0.393 e. The first-order chi connectivity index (χ1) is 7.52. The standard InChI is InChI=1S/C12H20N2O2/c1-9-6-11(8-15)7-12(13-9)14(3)5-4-10(2)16/h6-7,10,15-16H,4-5,8H2,1-3H3. The Hall–Kier alpha value is -1.13. The molecule has 16 heavy (non-hydrogen) atoms. The van der Waals surface area contributed by atoms with Crippen LogP contribution in [0.3, 0.4) is 0 Å². The van der Waals surface area contributed by atoms with Crippen molar-refractivity contribution < 1.29 is 10.2 Å². The van der Waals surface area contributed by atoms with Gasteiger partial charge in [0.25, 0.3) is 0 Å². The van der Waals surface area contributed by atoms with E-state index in [4.69, 9.17) is 5.11 Å². The van der Waals surface area contributed by atoms with E-state index < -0.39 is 0 Å². The third-order valence-electron chi connectivity index (χ3n) is 2.46. The Kier molecular flexibility index (Phi) is 4.71. The van der Waals surface area contributed by atoms with E-state index in [-0.39, 0.29) is 12.7 Å². The van der Waals surface area contributed by atoms with Crippen molar-refractivity contribution in [2.45, 2.75) is 33.0 Å². The highest BCUT2D eigenvalue weighted by atomic mass is 16.3. The maximum absolute atomic E-state index is 9.22. The molecule has 90 valence electrons. The minimum absolute atomic E-state index is 0.0284. The van der Waals surface area contributed by atoms with Crippen LogP contribution in [0.2, 0.25) is 0 Å². The van der Waals surface area contributed by atoms with E-state index in [1.165, 1.54) is 0 Å². The van der Waals surface area contributed by atoms with Crippen LogP contribution in [0.1, 0.15) is 24.6 Å². The fraction of sp³-hybridized carbons (Fsp3) is 0.583. The lowest BCUT2D eigenvalue weighted by molar-refractivity contribution is 0.187. The topological polar surface area (TPSA) is 56.6 Å². The van der Waals surface area contributed by atoms with Gasteiger partial charge in [0.15, 0.2) is 0 Å². The van der Waals surface area contributed by atoms with E-state index in [0.717, 1.165) is 23.6 Å². The van der Waals surface area contributed by atoms with Gasteiger partial charge in [-0.05, 0) is 38.0 Å². The highest BCUT2D eigenvalue weighted by molar-refractivity contribution is 5.41. The number of hydrogen-bond acceptors (Lipinski definition) is 4. The lowest BCUT2D eigenvalue weighted by Gasteiger charge is -2.20. The quantitative estimate of drug-likeness (QED) is 0.786. The summed E-state index contributed by atoms with van der Waals surface area (Å²) in [5.74, 6) is 0.838. The van der Waals surface area contributed by atoms with Gasteiger partial charge < -0.3 is 15.1 Å². The van der Waals surface area contributed by atoms with E-state index in [1.807, 2.05) is 31.0 Å².